The van der Waals surface area contributed by atoms with Gasteiger partial charge < -0.3 is 9.73 Å². The number of hydrogen-bond acceptors (Lipinski definition) is 5. The maximum atomic E-state index is 12.5. The molecule has 0 bridgehead atoms. The Morgan fingerprint density at radius 2 is 1.88 bits per heavy atom. The van der Waals surface area contributed by atoms with Crippen molar-refractivity contribution in [3.05, 3.63) is 52.8 Å². The molecule has 0 unspecified atom stereocenters. The van der Waals surface area contributed by atoms with Crippen LogP contribution in [0.15, 0.2) is 50.7 Å². The normalized spacial score (nSPS) is 11.8. The van der Waals surface area contributed by atoms with Crippen LogP contribution < -0.4 is 11.0 Å². The van der Waals surface area contributed by atoms with Gasteiger partial charge in [0.05, 0.1) is 28.7 Å². The monoisotopic (exact) mass is 363 g/mol. The summed E-state index contributed by atoms with van der Waals surface area (Å²) in [5.74, 6) is -0.773. The van der Waals surface area contributed by atoms with Crippen molar-refractivity contribution in [2.45, 2.75) is 11.4 Å². The molecule has 2 aromatic heterocycles. The molecule has 1 N–H and O–H groups in total. The van der Waals surface area contributed by atoms with Crippen LogP contribution in [0.25, 0.3) is 11.0 Å². The van der Waals surface area contributed by atoms with E-state index in [0.29, 0.717) is 16.8 Å². The minimum Gasteiger partial charge on any atom is -0.467 e. The van der Waals surface area contributed by atoms with Crippen molar-refractivity contribution in [2.24, 2.45) is 14.1 Å². The molecule has 0 aliphatic rings. The molecule has 8 nitrogen and oxygen atoms in total. The molecular weight excluding hydrogens is 346 g/mol. The van der Waals surface area contributed by atoms with Gasteiger partial charge in [-0.3, -0.25) is 13.9 Å². The third-order valence-electron chi connectivity index (χ3n) is 3.96. The average molecular weight is 363 g/mol. The quantitative estimate of drug-likeness (QED) is 0.713. The van der Waals surface area contributed by atoms with E-state index in [1.54, 1.807) is 32.3 Å². The molecule has 0 saturated carbocycles. The minimum atomic E-state index is -3.83. The Hall–Kier alpha value is -2.81. The molecule has 0 radical (unpaired) electrons. The summed E-state index contributed by atoms with van der Waals surface area (Å²) >= 11 is 0. The number of amides is 1. The summed E-state index contributed by atoms with van der Waals surface area (Å²) in [4.78, 5) is 23.8. The lowest BCUT2D eigenvalue weighted by Gasteiger charge is -2.06. The predicted octanol–water partition coefficient (Wildman–Crippen LogP) is 0.560. The molecule has 0 fully saturated rings. The lowest BCUT2D eigenvalue weighted by atomic mass is 10.3. The Bertz CT molecular complexity index is 1090. The summed E-state index contributed by atoms with van der Waals surface area (Å²) < 4.78 is 32.8. The van der Waals surface area contributed by atoms with Crippen molar-refractivity contribution >= 4 is 26.8 Å². The lowest BCUT2D eigenvalue weighted by Crippen LogP contribution is -2.29. The topological polar surface area (TPSA) is 103 Å². The number of aromatic nitrogens is 2. The summed E-state index contributed by atoms with van der Waals surface area (Å²) in [5, 5.41) is 2.50. The number of sulfone groups is 1. The van der Waals surface area contributed by atoms with Crippen LogP contribution in [0.3, 0.4) is 0 Å². The van der Waals surface area contributed by atoms with Crippen molar-refractivity contribution in [2.75, 3.05) is 5.75 Å². The first-order valence-electron chi connectivity index (χ1n) is 7.47. The third kappa shape index (κ3) is 3.22. The molecule has 0 aliphatic carbocycles. The van der Waals surface area contributed by atoms with Gasteiger partial charge in [-0.15, -0.1) is 0 Å². The van der Waals surface area contributed by atoms with Crippen molar-refractivity contribution in [3.8, 4) is 0 Å². The highest BCUT2D eigenvalue weighted by Gasteiger charge is 2.21. The average Bonchev–Trinajstić information content (AvgIpc) is 3.16. The summed E-state index contributed by atoms with van der Waals surface area (Å²) in [6.07, 6.45) is 1.47. The summed E-state index contributed by atoms with van der Waals surface area (Å²) in [6.45, 7) is 0.119. The van der Waals surface area contributed by atoms with Crippen LogP contribution in [0.2, 0.25) is 0 Å². The van der Waals surface area contributed by atoms with Gasteiger partial charge in [0.2, 0.25) is 5.91 Å². The zero-order chi connectivity index (χ0) is 18.2. The molecule has 1 aromatic carbocycles. The van der Waals surface area contributed by atoms with E-state index in [9.17, 15) is 18.0 Å². The molecule has 0 atom stereocenters. The number of imidazole rings is 1. The molecule has 1 amide bonds. The SMILES string of the molecule is Cn1c(=O)n(C)c2cc(S(=O)(=O)CC(=O)NCc3ccco3)ccc21. The smallest absolute Gasteiger partial charge is 0.328 e. The first kappa shape index (κ1) is 17.0. The Labute approximate surface area is 143 Å². The second-order valence-electron chi connectivity index (χ2n) is 5.67. The fraction of sp³-hybridized carbons (Fsp3) is 0.250. The number of furan rings is 1. The summed E-state index contributed by atoms with van der Waals surface area (Å²) in [6, 6.07) is 7.73. The number of carbonyl (C=O) groups excluding carboxylic acids is 1. The molecular formula is C16H17N3O5S. The van der Waals surface area contributed by atoms with Crippen LogP contribution in [-0.2, 0) is 35.3 Å². The number of carbonyl (C=O) groups is 1. The number of hydrogen-bond donors (Lipinski definition) is 1. The van der Waals surface area contributed by atoms with E-state index in [1.807, 2.05) is 0 Å². The second-order valence-corrected chi connectivity index (χ2v) is 7.66. The minimum absolute atomic E-state index is 0.00523. The van der Waals surface area contributed by atoms with Crippen LogP contribution in [0, 0.1) is 0 Å². The fourth-order valence-corrected chi connectivity index (χ4v) is 3.77. The van der Waals surface area contributed by atoms with E-state index in [1.165, 1.54) is 27.5 Å². The maximum Gasteiger partial charge on any atom is 0.328 e. The van der Waals surface area contributed by atoms with Gasteiger partial charge in [-0.1, -0.05) is 0 Å². The van der Waals surface area contributed by atoms with Crippen LogP contribution in [0.1, 0.15) is 5.76 Å². The standard InChI is InChI=1S/C16H17N3O5S/c1-18-13-6-5-12(8-14(13)19(2)16(18)21)25(22,23)10-15(20)17-9-11-4-3-7-24-11/h3-8H,9-10H2,1-2H3,(H,17,20). The van der Waals surface area contributed by atoms with Gasteiger partial charge in [0.15, 0.2) is 9.84 Å². The molecule has 3 aromatic rings. The largest absolute Gasteiger partial charge is 0.467 e. The van der Waals surface area contributed by atoms with Gasteiger partial charge >= 0.3 is 5.69 Å². The Morgan fingerprint density at radius 1 is 1.16 bits per heavy atom. The van der Waals surface area contributed by atoms with E-state index in [4.69, 9.17) is 4.42 Å². The van der Waals surface area contributed by atoms with E-state index in [-0.39, 0.29) is 17.1 Å². The molecule has 9 heteroatoms. The predicted molar refractivity (Wildman–Crippen MR) is 90.8 cm³/mol. The first-order valence-corrected chi connectivity index (χ1v) is 9.12. The fourth-order valence-electron chi connectivity index (χ4n) is 2.59. The van der Waals surface area contributed by atoms with Gasteiger partial charge in [0.1, 0.15) is 11.5 Å². The van der Waals surface area contributed by atoms with Gasteiger partial charge in [0, 0.05) is 14.1 Å². The summed E-state index contributed by atoms with van der Waals surface area (Å²) in [7, 11) is -0.651. The molecule has 25 heavy (non-hydrogen) atoms. The van der Waals surface area contributed by atoms with Gasteiger partial charge in [0.25, 0.3) is 0 Å². The highest BCUT2D eigenvalue weighted by molar-refractivity contribution is 7.92. The Balaban J connectivity index is 1.82. The van der Waals surface area contributed by atoms with Crippen molar-refractivity contribution < 1.29 is 17.6 Å². The van der Waals surface area contributed by atoms with E-state index in [2.05, 4.69) is 5.32 Å². The Kier molecular flexibility index (Phi) is 4.25. The lowest BCUT2D eigenvalue weighted by molar-refractivity contribution is -0.118. The molecule has 0 aliphatic heterocycles. The van der Waals surface area contributed by atoms with E-state index in [0.717, 1.165) is 0 Å². The molecule has 0 spiro atoms. The van der Waals surface area contributed by atoms with Crippen molar-refractivity contribution in [1.29, 1.82) is 0 Å². The van der Waals surface area contributed by atoms with Gasteiger partial charge in [-0.25, -0.2) is 13.2 Å². The van der Waals surface area contributed by atoms with E-state index >= 15 is 0 Å². The van der Waals surface area contributed by atoms with Crippen molar-refractivity contribution in [3.63, 3.8) is 0 Å². The van der Waals surface area contributed by atoms with Crippen LogP contribution in [-0.4, -0.2) is 29.2 Å². The third-order valence-corrected chi connectivity index (χ3v) is 5.58. The maximum absolute atomic E-state index is 12.5. The number of rotatable bonds is 5. The summed E-state index contributed by atoms with van der Waals surface area (Å²) in [5.41, 5.74) is 0.860. The number of nitrogens with one attached hydrogen (secondary N) is 1. The van der Waals surface area contributed by atoms with Crippen LogP contribution in [0.4, 0.5) is 0 Å². The van der Waals surface area contributed by atoms with Gasteiger partial charge in [-0.05, 0) is 30.3 Å². The second kappa shape index (κ2) is 6.25. The zero-order valence-electron chi connectivity index (χ0n) is 13.7. The first-order chi connectivity index (χ1) is 11.8. The molecule has 2 heterocycles. The Morgan fingerprint density at radius 3 is 2.56 bits per heavy atom. The number of fused-ring (bicyclic) bond motifs is 1. The van der Waals surface area contributed by atoms with Gasteiger partial charge in [-0.2, -0.15) is 0 Å². The van der Waals surface area contributed by atoms with E-state index < -0.39 is 21.5 Å². The van der Waals surface area contributed by atoms with Crippen molar-refractivity contribution in [1.82, 2.24) is 14.5 Å². The number of benzene rings is 1. The molecule has 3 rings (SSSR count). The molecule has 132 valence electrons. The zero-order valence-corrected chi connectivity index (χ0v) is 14.5. The number of nitrogens with zero attached hydrogens (tertiary/aromatic N) is 2. The van der Waals surface area contributed by atoms with Crippen LogP contribution >= 0.6 is 0 Å². The molecule has 0 saturated heterocycles. The highest BCUT2D eigenvalue weighted by atomic mass is 32.2. The highest BCUT2D eigenvalue weighted by Crippen LogP contribution is 2.18. The van der Waals surface area contributed by atoms with Crippen LogP contribution in [0.5, 0.6) is 0 Å². The number of aryl methyl sites for hydroxylation is 2.